The second kappa shape index (κ2) is 4.61. The van der Waals surface area contributed by atoms with Gasteiger partial charge in [0.05, 0.1) is 12.5 Å². The summed E-state index contributed by atoms with van der Waals surface area (Å²) >= 11 is 0. The smallest absolute Gasteiger partial charge is 0.320 e. The number of rotatable bonds is 4. The van der Waals surface area contributed by atoms with Gasteiger partial charge in [-0.25, -0.2) is 0 Å². The molecule has 0 aromatic heterocycles. The molecular weight excluding hydrogens is 212 g/mol. The molecule has 1 heterocycles. The first-order chi connectivity index (χ1) is 7.34. The zero-order valence-electron chi connectivity index (χ0n) is 9.56. The summed E-state index contributed by atoms with van der Waals surface area (Å²) in [5.74, 6) is -1.63. The van der Waals surface area contributed by atoms with Crippen molar-refractivity contribution in [1.82, 2.24) is 10.2 Å². The van der Waals surface area contributed by atoms with E-state index in [9.17, 15) is 14.4 Å². The van der Waals surface area contributed by atoms with Crippen LogP contribution < -0.4 is 5.32 Å². The minimum absolute atomic E-state index is 0.0363. The number of hydrogen-bond donors (Lipinski definition) is 2. The van der Waals surface area contributed by atoms with Crippen LogP contribution in [0.3, 0.4) is 0 Å². The van der Waals surface area contributed by atoms with Crippen molar-refractivity contribution in [2.24, 2.45) is 0 Å². The Hall–Kier alpha value is -1.43. The van der Waals surface area contributed by atoms with Gasteiger partial charge >= 0.3 is 5.97 Å². The number of likely N-dealkylation sites (tertiary alicyclic amines) is 1. The van der Waals surface area contributed by atoms with Crippen molar-refractivity contribution in [2.45, 2.75) is 45.3 Å². The lowest BCUT2D eigenvalue weighted by molar-refractivity contribution is -0.140. The third-order valence-electron chi connectivity index (χ3n) is 2.52. The first-order valence-corrected chi connectivity index (χ1v) is 5.19. The van der Waals surface area contributed by atoms with E-state index < -0.39 is 18.1 Å². The maximum absolute atomic E-state index is 11.8. The van der Waals surface area contributed by atoms with Crippen LogP contribution in [-0.2, 0) is 14.4 Å². The summed E-state index contributed by atoms with van der Waals surface area (Å²) in [6, 6.07) is -1.73. The van der Waals surface area contributed by atoms with Gasteiger partial charge in [0.1, 0.15) is 6.04 Å². The van der Waals surface area contributed by atoms with Gasteiger partial charge < -0.3 is 5.11 Å². The number of carboxylic acid groups (broad SMARTS) is 1. The van der Waals surface area contributed by atoms with E-state index in [2.05, 4.69) is 5.32 Å². The number of hydrogen-bond acceptors (Lipinski definition) is 4. The number of nitrogens with zero attached hydrogens (tertiary/aromatic N) is 1. The molecule has 0 aromatic rings. The second-order valence-corrected chi connectivity index (χ2v) is 4.18. The van der Waals surface area contributed by atoms with Gasteiger partial charge in [0.25, 0.3) is 0 Å². The number of carbonyl (C=O) groups is 3. The molecule has 1 fully saturated rings. The molecule has 0 aromatic carbocycles. The molecule has 1 aliphatic rings. The summed E-state index contributed by atoms with van der Waals surface area (Å²) < 4.78 is 0. The zero-order valence-corrected chi connectivity index (χ0v) is 9.56. The number of aliphatic carboxylic acids is 1. The predicted molar refractivity (Wildman–Crippen MR) is 55.6 cm³/mol. The number of nitrogens with one attached hydrogen (secondary N) is 1. The Morgan fingerprint density at radius 2 is 2.00 bits per heavy atom. The van der Waals surface area contributed by atoms with Gasteiger partial charge in [-0.2, -0.15) is 0 Å². The molecule has 0 saturated carbocycles. The average Bonchev–Trinajstić information content (AvgIpc) is 2.41. The first-order valence-electron chi connectivity index (χ1n) is 5.19. The Balaban J connectivity index is 2.69. The van der Waals surface area contributed by atoms with Crippen LogP contribution in [0.5, 0.6) is 0 Å². The molecule has 0 aliphatic carbocycles. The van der Waals surface area contributed by atoms with Crippen molar-refractivity contribution in [2.75, 3.05) is 0 Å². The van der Waals surface area contributed by atoms with Crippen molar-refractivity contribution >= 4 is 17.8 Å². The second-order valence-electron chi connectivity index (χ2n) is 4.18. The van der Waals surface area contributed by atoms with Crippen LogP contribution in [0.2, 0.25) is 0 Å². The molecule has 2 atom stereocenters. The van der Waals surface area contributed by atoms with Crippen LogP contribution in [0.15, 0.2) is 0 Å². The van der Waals surface area contributed by atoms with Gasteiger partial charge in [-0.05, 0) is 20.8 Å². The van der Waals surface area contributed by atoms with Crippen LogP contribution in [0.4, 0.5) is 0 Å². The lowest BCUT2D eigenvalue weighted by atomic mass is 10.2. The van der Waals surface area contributed by atoms with E-state index in [-0.39, 0.29) is 24.3 Å². The highest BCUT2D eigenvalue weighted by atomic mass is 16.4. The SMILES string of the molecule is CC(C)N1C(=O)CC(N[C@@H](C)C(=O)O)C1=O. The topological polar surface area (TPSA) is 86.7 Å². The summed E-state index contributed by atoms with van der Waals surface area (Å²) in [6.07, 6.45) is 0.0363. The third-order valence-corrected chi connectivity index (χ3v) is 2.52. The molecule has 0 spiro atoms. The van der Waals surface area contributed by atoms with Crippen molar-refractivity contribution in [1.29, 1.82) is 0 Å². The van der Waals surface area contributed by atoms with E-state index in [1.165, 1.54) is 11.8 Å². The highest BCUT2D eigenvalue weighted by molar-refractivity contribution is 6.06. The molecular formula is C10H16N2O4. The largest absolute Gasteiger partial charge is 0.480 e. The maximum atomic E-state index is 11.8. The molecule has 1 unspecified atom stereocenters. The molecule has 2 N–H and O–H groups in total. The fraction of sp³-hybridized carbons (Fsp3) is 0.700. The van der Waals surface area contributed by atoms with Crippen LogP contribution in [-0.4, -0.2) is 45.9 Å². The van der Waals surface area contributed by atoms with Gasteiger partial charge in [0, 0.05) is 6.04 Å². The Bertz CT molecular complexity index is 327. The summed E-state index contributed by atoms with van der Waals surface area (Å²) in [5, 5.41) is 11.3. The molecule has 90 valence electrons. The fourth-order valence-corrected chi connectivity index (χ4v) is 1.70. The molecule has 0 bridgehead atoms. The van der Waals surface area contributed by atoms with Gasteiger partial charge in [0.15, 0.2) is 0 Å². The molecule has 6 nitrogen and oxygen atoms in total. The van der Waals surface area contributed by atoms with Crippen molar-refractivity contribution in [3.05, 3.63) is 0 Å². The Morgan fingerprint density at radius 1 is 1.44 bits per heavy atom. The minimum atomic E-state index is -1.04. The molecule has 1 saturated heterocycles. The summed E-state index contributed by atoms with van der Waals surface area (Å²) in [6.45, 7) is 4.94. The lowest BCUT2D eigenvalue weighted by Gasteiger charge is -2.19. The van der Waals surface area contributed by atoms with E-state index in [1.54, 1.807) is 13.8 Å². The highest BCUT2D eigenvalue weighted by Gasteiger charge is 2.40. The van der Waals surface area contributed by atoms with E-state index >= 15 is 0 Å². The van der Waals surface area contributed by atoms with E-state index in [0.717, 1.165) is 0 Å². The fourth-order valence-electron chi connectivity index (χ4n) is 1.70. The maximum Gasteiger partial charge on any atom is 0.320 e. The number of amides is 2. The number of carbonyl (C=O) groups excluding carboxylic acids is 2. The van der Waals surface area contributed by atoms with Crippen molar-refractivity contribution < 1.29 is 19.5 Å². The monoisotopic (exact) mass is 228 g/mol. The lowest BCUT2D eigenvalue weighted by Crippen LogP contribution is -2.46. The van der Waals surface area contributed by atoms with Crippen LogP contribution in [0.25, 0.3) is 0 Å². The molecule has 1 rings (SSSR count). The van der Waals surface area contributed by atoms with Gasteiger partial charge in [-0.3, -0.25) is 24.6 Å². The van der Waals surface area contributed by atoms with E-state index in [0.29, 0.717) is 0 Å². The Morgan fingerprint density at radius 3 is 2.38 bits per heavy atom. The molecule has 1 aliphatic heterocycles. The zero-order chi connectivity index (χ0) is 12.5. The number of carboxylic acids is 1. The first kappa shape index (κ1) is 12.6. The molecule has 16 heavy (non-hydrogen) atoms. The quantitative estimate of drug-likeness (QED) is 0.638. The summed E-state index contributed by atoms with van der Waals surface area (Å²) in [4.78, 5) is 35.1. The summed E-state index contributed by atoms with van der Waals surface area (Å²) in [7, 11) is 0. The van der Waals surface area contributed by atoms with Gasteiger partial charge in [-0.1, -0.05) is 0 Å². The Labute approximate surface area is 93.6 Å². The highest BCUT2D eigenvalue weighted by Crippen LogP contribution is 2.16. The molecule has 2 amide bonds. The normalized spacial score (nSPS) is 23.0. The van der Waals surface area contributed by atoms with Crippen LogP contribution >= 0.6 is 0 Å². The van der Waals surface area contributed by atoms with E-state index in [4.69, 9.17) is 5.11 Å². The standard InChI is InChI=1S/C10H16N2O4/c1-5(2)12-8(13)4-7(9(12)14)11-6(3)10(15)16/h5-7,11H,4H2,1-3H3,(H,15,16)/t6-,7?/m0/s1. The summed E-state index contributed by atoms with van der Waals surface area (Å²) in [5.41, 5.74) is 0. The number of imide groups is 1. The minimum Gasteiger partial charge on any atom is -0.480 e. The van der Waals surface area contributed by atoms with Gasteiger partial charge in [0.2, 0.25) is 11.8 Å². The van der Waals surface area contributed by atoms with E-state index in [1.807, 2.05) is 0 Å². The van der Waals surface area contributed by atoms with Crippen molar-refractivity contribution in [3.8, 4) is 0 Å². The van der Waals surface area contributed by atoms with Crippen molar-refractivity contribution in [3.63, 3.8) is 0 Å². The molecule has 6 heteroatoms. The van der Waals surface area contributed by atoms with Crippen LogP contribution in [0, 0.1) is 0 Å². The molecule has 0 radical (unpaired) electrons. The third kappa shape index (κ3) is 2.38. The predicted octanol–water partition coefficient (Wildman–Crippen LogP) is -0.415. The average molecular weight is 228 g/mol. The van der Waals surface area contributed by atoms with Gasteiger partial charge in [-0.15, -0.1) is 0 Å². The van der Waals surface area contributed by atoms with Crippen LogP contribution in [0.1, 0.15) is 27.2 Å². The Kier molecular flexibility index (Phi) is 3.64.